The van der Waals surface area contributed by atoms with E-state index < -0.39 is 5.67 Å². The smallest absolute Gasteiger partial charge is 0.110 e. The maximum Gasteiger partial charge on any atom is 0.110 e. The van der Waals surface area contributed by atoms with E-state index in [4.69, 9.17) is 0 Å². The molecule has 1 heteroatoms. The van der Waals surface area contributed by atoms with E-state index >= 15 is 0 Å². The molecule has 0 bridgehead atoms. The molecule has 0 aromatic carbocycles. The maximum atomic E-state index is 13.0. The largest absolute Gasteiger partial charge is 0.244 e. The highest BCUT2D eigenvalue weighted by molar-refractivity contribution is 4.82. The van der Waals surface area contributed by atoms with E-state index in [9.17, 15) is 4.39 Å². The van der Waals surface area contributed by atoms with E-state index in [2.05, 4.69) is 0 Å². The van der Waals surface area contributed by atoms with Gasteiger partial charge in [-0.1, -0.05) is 33.6 Å². The molecule has 0 saturated heterocycles. The summed E-state index contributed by atoms with van der Waals surface area (Å²) in [6, 6.07) is 0. The van der Waals surface area contributed by atoms with Crippen LogP contribution in [0.1, 0.15) is 52.9 Å². The maximum absolute atomic E-state index is 13.0. The summed E-state index contributed by atoms with van der Waals surface area (Å²) >= 11 is 0. The van der Waals surface area contributed by atoms with Gasteiger partial charge < -0.3 is 0 Å². The number of hydrogen-bond acceptors (Lipinski definition) is 0. The van der Waals surface area contributed by atoms with Crippen LogP contribution in [0, 0.1) is 0 Å². The third-order valence-electron chi connectivity index (χ3n) is 2.13. The molecule has 0 aromatic rings. The van der Waals surface area contributed by atoms with Crippen LogP contribution in [0.4, 0.5) is 4.39 Å². The summed E-state index contributed by atoms with van der Waals surface area (Å²) in [5.74, 6) is 0. The molecule has 0 amide bonds. The molecule has 1 saturated carbocycles. The fourth-order valence-corrected chi connectivity index (χ4v) is 1.36. The van der Waals surface area contributed by atoms with Gasteiger partial charge in [0.2, 0.25) is 0 Å². The summed E-state index contributed by atoms with van der Waals surface area (Å²) in [5, 5.41) is 0. The van der Waals surface area contributed by atoms with Crippen LogP contribution in [0.3, 0.4) is 0 Å². The zero-order chi connectivity index (χ0) is 8.04. The zero-order valence-electron chi connectivity index (χ0n) is 7.41. The van der Waals surface area contributed by atoms with Gasteiger partial charge in [-0.05, 0) is 19.3 Å². The van der Waals surface area contributed by atoms with E-state index in [1.807, 2.05) is 20.8 Å². The molecule has 0 N–H and O–H groups in total. The Balaban J connectivity index is 0.000000371. The second kappa shape index (κ2) is 4.70. The molecule has 0 nitrogen and oxygen atoms in total. The van der Waals surface area contributed by atoms with E-state index in [1.165, 1.54) is 0 Å². The van der Waals surface area contributed by atoms with Gasteiger partial charge in [0.1, 0.15) is 5.67 Å². The van der Waals surface area contributed by atoms with Crippen LogP contribution < -0.4 is 0 Å². The van der Waals surface area contributed by atoms with Crippen molar-refractivity contribution in [2.45, 2.75) is 58.5 Å². The lowest BCUT2D eigenvalue weighted by Crippen LogP contribution is -2.14. The molecule has 0 atom stereocenters. The Bertz CT molecular complexity index is 72.8. The standard InChI is InChI=1S/C7H13F.C2H6/c1-2-7(8)5-3-4-6-7;1-2/h2-6H2,1H3;1-2H3. The molecule has 10 heavy (non-hydrogen) atoms. The molecular weight excluding hydrogens is 127 g/mol. The van der Waals surface area contributed by atoms with E-state index in [-0.39, 0.29) is 0 Å². The summed E-state index contributed by atoms with van der Waals surface area (Å²) < 4.78 is 13.0. The Labute approximate surface area is 63.8 Å². The van der Waals surface area contributed by atoms with E-state index in [1.54, 1.807) is 0 Å². The normalized spacial score (nSPS) is 21.6. The highest BCUT2D eigenvalue weighted by Gasteiger charge is 2.30. The van der Waals surface area contributed by atoms with Crippen LogP contribution in [0.2, 0.25) is 0 Å². The molecule has 0 aliphatic heterocycles. The number of hydrogen-bond donors (Lipinski definition) is 0. The highest BCUT2D eigenvalue weighted by atomic mass is 19.1. The summed E-state index contributed by atoms with van der Waals surface area (Å²) in [5.41, 5.74) is -0.764. The van der Waals surface area contributed by atoms with Crippen LogP contribution >= 0.6 is 0 Å². The van der Waals surface area contributed by atoms with Crippen molar-refractivity contribution in [3.05, 3.63) is 0 Å². The Hall–Kier alpha value is -0.0700. The van der Waals surface area contributed by atoms with Gasteiger partial charge in [-0.25, -0.2) is 4.39 Å². The lowest BCUT2D eigenvalue weighted by molar-refractivity contribution is 0.167. The monoisotopic (exact) mass is 146 g/mol. The summed E-state index contributed by atoms with van der Waals surface area (Å²) in [6.07, 6.45) is 4.54. The minimum atomic E-state index is -0.764. The van der Waals surface area contributed by atoms with Gasteiger partial charge in [0.05, 0.1) is 0 Å². The molecule has 1 aliphatic rings. The molecule has 0 unspecified atom stereocenters. The number of halogens is 1. The molecule has 1 aliphatic carbocycles. The van der Waals surface area contributed by atoms with Gasteiger partial charge >= 0.3 is 0 Å². The molecule has 0 aromatic heterocycles. The summed E-state index contributed by atoms with van der Waals surface area (Å²) in [7, 11) is 0. The van der Waals surface area contributed by atoms with Crippen LogP contribution in [-0.4, -0.2) is 5.67 Å². The van der Waals surface area contributed by atoms with Gasteiger partial charge in [-0.3, -0.25) is 0 Å². The van der Waals surface area contributed by atoms with Crippen molar-refractivity contribution in [3.63, 3.8) is 0 Å². The Morgan fingerprint density at radius 3 is 1.80 bits per heavy atom. The minimum Gasteiger partial charge on any atom is -0.244 e. The fraction of sp³-hybridized carbons (Fsp3) is 1.00. The second-order valence-corrected chi connectivity index (χ2v) is 2.71. The number of rotatable bonds is 1. The van der Waals surface area contributed by atoms with Crippen molar-refractivity contribution in [1.29, 1.82) is 0 Å². The van der Waals surface area contributed by atoms with Crippen molar-refractivity contribution in [2.75, 3.05) is 0 Å². The van der Waals surface area contributed by atoms with Crippen LogP contribution in [-0.2, 0) is 0 Å². The Kier molecular flexibility index (Phi) is 4.67. The lowest BCUT2D eigenvalue weighted by atomic mass is 10.0. The molecule has 1 fully saturated rings. The van der Waals surface area contributed by atoms with Crippen LogP contribution in [0.25, 0.3) is 0 Å². The highest BCUT2D eigenvalue weighted by Crippen LogP contribution is 2.35. The summed E-state index contributed by atoms with van der Waals surface area (Å²) in [6.45, 7) is 5.94. The lowest BCUT2D eigenvalue weighted by Gasteiger charge is -2.14. The third-order valence-corrected chi connectivity index (χ3v) is 2.13. The van der Waals surface area contributed by atoms with Crippen molar-refractivity contribution >= 4 is 0 Å². The van der Waals surface area contributed by atoms with Gasteiger partial charge in [0, 0.05) is 0 Å². The minimum absolute atomic E-state index is 0.715. The van der Waals surface area contributed by atoms with E-state index in [0.29, 0.717) is 6.42 Å². The predicted molar refractivity (Wildman–Crippen MR) is 43.9 cm³/mol. The Morgan fingerprint density at radius 2 is 1.60 bits per heavy atom. The molecule has 1 rings (SSSR count). The van der Waals surface area contributed by atoms with Crippen molar-refractivity contribution < 1.29 is 4.39 Å². The second-order valence-electron chi connectivity index (χ2n) is 2.71. The quantitative estimate of drug-likeness (QED) is 0.529. The van der Waals surface area contributed by atoms with Gasteiger partial charge in [-0.15, -0.1) is 0 Å². The first-order chi connectivity index (χ1) is 4.77. The average Bonchev–Trinajstić information content (AvgIpc) is 2.42. The van der Waals surface area contributed by atoms with Gasteiger partial charge in [-0.2, -0.15) is 0 Å². The predicted octanol–water partition coefficient (Wildman–Crippen LogP) is 3.70. The molecular formula is C9H19F. The Morgan fingerprint density at radius 1 is 1.20 bits per heavy atom. The SMILES string of the molecule is CC.CCC1(F)CCCC1. The summed E-state index contributed by atoms with van der Waals surface area (Å²) in [4.78, 5) is 0. The molecule has 62 valence electrons. The van der Waals surface area contributed by atoms with Gasteiger partial charge in [0.25, 0.3) is 0 Å². The van der Waals surface area contributed by atoms with Crippen molar-refractivity contribution in [1.82, 2.24) is 0 Å². The van der Waals surface area contributed by atoms with Crippen LogP contribution in [0.15, 0.2) is 0 Å². The molecule has 0 heterocycles. The van der Waals surface area contributed by atoms with E-state index in [0.717, 1.165) is 25.7 Å². The van der Waals surface area contributed by atoms with Gasteiger partial charge in [0.15, 0.2) is 0 Å². The van der Waals surface area contributed by atoms with Crippen molar-refractivity contribution in [2.24, 2.45) is 0 Å². The first-order valence-electron chi connectivity index (χ1n) is 4.46. The number of alkyl halides is 1. The van der Waals surface area contributed by atoms with Crippen molar-refractivity contribution in [3.8, 4) is 0 Å². The average molecular weight is 146 g/mol. The first-order valence-corrected chi connectivity index (χ1v) is 4.46. The first kappa shape index (κ1) is 9.93. The zero-order valence-corrected chi connectivity index (χ0v) is 7.41. The fourth-order valence-electron chi connectivity index (χ4n) is 1.36. The third kappa shape index (κ3) is 2.68. The van der Waals surface area contributed by atoms with Crippen LogP contribution in [0.5, 0.6) is 0 Å². The molecule has 0 spiro atoms. The molecule has 0 radical (unpaired) electrons. The topological polar surface area (TPSA) is 0 Å².